The summed E-state index contributed by atoms with van der Waals surface area (Å²) in [5.74, 6) is -0.989. The molecule has 25 heavy (non-hydrogen) atoms. The van der Waals surface area contributed by atoms with Gasteiger partial charge >= 0.3 is 5.97 Å². The molecule has 1 N–H and O–H groups in total. The Bertz CT molecular complexity index is 1020. The number of carbonyl (C=O) groups excluding carboxylic acids is 2. The summed E-state index contributed by atoms with van der Waals surface area (Å²) >= 11 is 0. The molecule has 0 fully saturated rings. The van der Waals surface area contributed by atoms with Crippen molar-refractivity contribution in [3.8, 4) is 6.07 Å². The molecule has 1 heterocycles. The van der Waals surface area contributed by atoms with Crippen LogP contribution in [0.3, 0.4) is 0 Å². The first-order chi connectivity index (χ1) is 12.1. The van der Waals surface area contributed by atoms with Crippen LogP contribution in [-0.2, 0) is 4.74 Å². The molecule has 1 aromatic heterocycles. The number of nitrogens with zero attached hydrogens (tertiary/aromatic N) is 1. The number of esters is 1. The summed E-state index contributed by atoms with van der Waals surface area (Å²) < 4.78 is 10.1. The van der Waals surface area contributed by atoms with Gasteiger partial charge in [-0.2, -0.15) is 5.26 Å². The van der Waals surface area contributed by atoms with E-state index in [9.17, 15) is 14.9 Å². The number of nitrogens with one attached hydrogen (secondary N) is 1. The van der Waals surface area contributed by atoms with E-state index in [-0.39, 0.29) is 22.8 Å². The average molecular weight is 334 g/mol. The fourth-order valence-corrected chi connectivity index (χ4v) is 2.68. The largest absolute Gasteiger partial charge is 0.465 e. The highest BCUT2D eigenvalue weighted by atomic mass is 16.5. The van der Waals surface area contributed by atoms with Crippen molar-refractivity contribution < 1.29 is 18.7 Å². The van der Waals surface area contributed by atoms with Crippen LogP contribution in [0.25, 0.3) is 10.8 Å². The second kappa shape index (κ2) is 6.49. The minimum Gasteiger partial charge on any atom is -0.465 e. The molecule has 124 valence electrons. The maximum absolute atomic E-state index is 12.7. The van der Waals surface area contributed by atoms with Crippen LogP contribution in [0.1, 0.15) is 32.0 Å². The quantitative estimate of drug-likeness (QED) is 0.738. The number of nitriles is 1. The second-order valence-electron chi connectivity index (χ2n) is 5.32. The lowest BCUT2D eigenvalue weighted by atomic mass is 10.0. The lowest BCUT2D eigenvalue weighted by Crippen LogP contribution is -2.13. The Morgan fingerprint density at radius 3 is 2.60 bits per heavy atom. The number of benzene rings is 2. The highest BCUT2D eigenvalue weighted by Crippen LogP contribution is 2.28. The Hall–Kier alpha value is -3.59. The molecule has 6 heteroatoms. The zero-order chi connectivity index (χ0) is 18.0. The summed E-state index contributed by atoms with van der Waals surface area (Å²) in [6.07, 6.45) is 0. The van der Waals surface area contributed by atoms with Crippen LogP contribution >= 0.6 is 0 Å². The van der Waals surface area contributed by atoms with Gasteiger partial charge in [-0.25, -0.2) is 4.79 Å². The van der Waals surface area contributed by atoms with Crippen LogP contribution in [0.15, 0.2) is 46.9 Å². The van der Waals surface area contributed by atoms with Crippen molar-refractivity contribution >= 4 is 28.5 Å². The van der Waals surface area contributed by atoms with E-state index in [0.29, 0.717) is 5.56 Å². The minimum absolute atomic E-state index is 0.0122. The van der Waals surface area contributed by atoms with Crippen molar-refractivity contribution in [2.45, 2.75) is 6.92 Å². The number of amides is 1. The lowest BCUT2D eigenvalue weighted by molar-refractivity contribution is 0.0598. The molecule has 6 nitrogen and oxygen atoms in total. The van der Waals surface area contributed by atoms with Gasteiger partial charge in [0.2, 0.25) is 5.88 Å². The first kappa shape index (κ1) is 16.3. The number of rotatable bonds is 3. The second-order valence-corrected chi connectivity index (χ2v) is 5.32. The van der Waals surface area contributed by atoms with Gasteiger partial charge in [-0.15, -0.1) is 0 Å². The molecule has 1 amide bonds. The lowest BCUT2D eigenvalue weighted by Gasteiger charge is -2.06. The number of hydrogen-bond acceptors (Lipinski definition) is 5. The van der Waals surface area contributed by atoms with E-state index in [1.807, 2.05) is 36.4 Å². The first-order valence-corrected chi connectivity index (χ1v) is 7.47. The molecular formula is C19H14N2O4. The van der Waals surface area contributed by atoms with E-state index in [0.717, 1.165) is 10.8 Å². The molecular weight excluding hydrogens is 320 g/mol. The predicted molar refractivity (Wildman–Crippen MR) is 91.4 cm³/mol. The number of furan rings is 1. The van der Waals surface area contributed by atoms with Gasteiger partial charge in [0, 0.05) is 5.56 Å². The van der Waals surface area contributed by atoms with Gasteiger partial charge in [0.1, 0.15) is 23.0 Å². The van der Waals surface area contributed by atoms with E-state index < -0.39 is 11.9 Å². The van der Waals surface area contributed by atoms with Gasteiger partial charge in [-0.3, -0.25) is 10.1 Å². The van der Waals surface area contributed by atoms with Gasteiger partial charge in [0.15, 0.2) is 0 Å². The molecule has 3 aromatic rings. The Balaban J connectivity index is 2.02. The molecule has 0 aliphatic heterocycles. The van der Waals surface area contributed by atoms with Crippen LogP contribution in [-0.4, -0.2) is 19.0 Å². The summed E-state index contributed by atoms with van der Waals surface area (Å²) in [7, 11) is 1.21. The normalized spacial score (nSPS) is 10.3. The van der Waals surface area contributed by atoms with Crippen LogP contribution in [0.2, 0.25) is 0 Å². The number of methoxy groups -OCH3 is 1. The van der Waals surface area contributed by atoms with Crippen LogP contribution < -0.4 is 5.32 Å². The maximum atomic E-state index is 12.7. The van der Waals surface area contributed by atoms with E-state index in [2.05, 4.69) is 10.1 Å². The van der Waals surface area contributed by atoms with Crippen LogP contribution in [0.5, 0.6) is 0 Å². The van der Waals surface area contributed by atoms with Gasteiger partial charge in [0.25, 0.3) is 5.91 Å². The van der Waals surface area contributed by atoms with Gasteiger partial charge < -0.3 is 9.15 Å². The van der Waals surface area contributed by atoms with Gasteiger partial charge in [-0.1, -0.05) is 36.4 Å². The standard InChI is InChI=1S/C19H14N2O4/c1-11-16(19(23)24-2)15(10-20)18(25-11)21-17(22)14-9-5-7-12-6-3-4-8-13(12)14/h3-9H,1-2H3,(H,21,22). The molecule has 0 atom stereocenters. The number of hydrogen-bond donors (Lipinski definition) is 1. The summed E-state index contributed by atoms with van der Waals surface area (Å²) in [6.45, 7) is 1.53. The summed E-state index contributed by atoms with van der Waals surface area (Å²) in [5.41, 5.74) is 0.395. The van der Waals surface area contributed by atoms with Gasteiger partial charge in [0.05, 0.1) is 7.11 Å². The molecule has 0 bridgehead atoms. The molecule has 2 aromatic carbocycles. The molecule has 0 saturated carbocycles. The minimum atomic E-state index is -0.691. The Labute approximate surface area is 143 Å². The third kappa shape index (κ3) is 2.83. The van der Waals surface area contributed by atoms with Crippen molar-refractivity contribution in [3.63, 3.8) is 0 Å². The van der Waals surface area contributed by atoms with Gasteiger partial charge in [-0.05, 0) is 23.8 Å². The zero-order valence-electron chi connectivity index (χ0n) is 13.6. The Morgan fingerprint density at radius 1 is 1.16 bits per heavy atom. The number of anilines is 1. The molecule has 0 aliphatic carbocycles. The van der Waals surface area contributed by atoms with E-state index >= 15 is 0 Å². The average Bonchev–Trinajstić information content (AvgIpc) is 2.95. The van der Waals surface area contributed by atoms with Crippen molar-refractivity contribution in [2.75, 3.05) is 12.4 Å². The van der Waals surface area contributed by atoms with E-state index in [4.69, 9.17) is 4.42 Å². The molecule has 0 saturated heterocycles. The third-order valence-corrected chi connectivity index (χ3v) is 3.85. The molecule has 3 rings (SSSR count). The summed E-state index contributed by atoms with van der Waals surface area (Å²) in [6, 6.07) is 14.7. The van der Waals surface area contributed by atoms with Crippen molar-refractivity contribution in [1.82, 2.24) is 0 Å². The summed E-state index contributed by atoms with van der Waals surface area (Å²) in [5, 5.41) is 13.6. The Morgan fingerprint density at radius 2 is 1.88 bits per heavy atom. The fourth-order valence-electron chi connectivity index (χ4n) is 2.68. The number of fused-ring (bicyclic) bond motifs is 1. The number of ether oxygens (including phenoxy) is 1. The highest BCUT2D eigenvalue weighted by Gasteiger charge is 2.25. The maximum Gasteiger partial charge on any atom is 0.342 e. The predicted octanol–water partition coefficient (Wildman–Crippen LogP) is 3.65. The smallest absolute Gasteiger partial charge is 0.342 e. The highest BCUT2D eigenvalue weighted by molar-refractivity contribution is 6.13. The monoisotopic (exact) mass is 334 g/mol. The number of aryl methyl sites for hydroxylation is 1. The molecule has 0 spiro atoms. The third-order valence-electron chi connectivity index (χ3n) is 3.85. The SMILES string of the molecule is COC(=O)c1c(C)oc(NC(=O)c2cccc3ccccc23)c1C#N. The topological polar surface area (TPSA) is 92.3 Å². The van der Waals surface area contributed by atoms with E-state index in [1.165, 1.54) is 14.0 Å². The van der Waals surface area contributed by atoms with Crippen LogP contribution in [0, 0.1) is 18.3 Å². The van der Waals surface area contributed by atoms with Crippen LogP contribution in [0.4, 0.5) is 5.88 Å². The van der Waals surface area contributed by atoms with Crippen molar-refractivity contribution in [3.05, 3.63) is 64.9 Å². The van der Waals surface area contributed by atoms with Crippen molar-refractivity contribution in [1.29, 1.82) is 5.26 Å². The number of carbonyl (C=O) groups is 2. The first-order valence-electron chi connectivity index (χ1n) is 7.47. The summed E-state index contributed by atoms with van der Waals surface area (Å²) in [4.78, 5) is 24.5. The fraction of sp³-hybridized carbons (Fsp3) is 0.105. The molecule has 0 radical (unpaired) electrons. The Kier molecular flexibility index (Phi) is 4.23. The molecule has 0 unspecified atom stereocenters. The molecule has 0 aliphatic rings. The zero-order valence-corrected chi connectivity index (χ0v) is 13.6. The van der Waals surface area contributed by atoms with E-state index in [1.54, 1.807) is 12.1 Å². The van der Waals surface area contributed by atoms with Crippen molar-refractivity contribution in [2.24, 2.45) is 0 Å².